The fourth-order valence-electron chi connectivity index (χ4n) is 1.55. The monoisotopic (exact) mass is 228 g/mol. The third kappa shape index (κ3) is 2.09. The van der Waals surface area contributed by atoms with Gasteiger partial charge in [0.15, 0.2) is 0 Å². The van der Waals surface area contributed by atoms with Crippen LogP contribution in [0, 0.1) is 0 Å². The molecule has 0 bridgehead atoms. The zero-order chi connectivity index (χ0) is 10.7. The first kappa shape index (κ1) is 10.4. The molecule has 1 N–H and O–H groups in total. The van der Waals surface area contributed by atoms with Crippen molar-refractivity contribution in [1.82, 2.24) is 0 Å². The Morgan fingerprint density at radius 1 is 0.733 bits per heavy atom. The summed E-state index contributed by atoms with van der Waals surface area (Å²) >= 11 is 0. The predicted molar refractivity (Wildman–Crippen MR) is 67.3 cm³/mol. The van der Waals surface area contributed by atoms with Crippen molar-refractivity contribution in [3.63, 3.8) is 0 Å². The van der Waals surface area contributed by atoms with Crippen LogP contribution in [0.4, 0.5) is 0 Å². The number of benzene rings is 2. The fraction of sp³-hybridized carbons (Fsp3) is 0. The Kier molecular flexibility index (Phi) is 2.86. The van der Waals surface area contributed by atoms with Gasteiger partial charge in [0.1, 0.15) is 0 Å². The number of hydrogen-bond donors (Lipinski definition) is 1. The van der Waals surface area contributed by atoms with E-state index in [1.165, 1.54) is 0 Å². The minimum absolute atomic E-state index is 1.02. The second kappa shape index (κ2) is 4.14. The second-order valence-electron chi connectivity index (χ2n) is 3.50. The molecule has 2 aromatic rings. The summed E-state index contributed by atoms with van der Waals surface area (Å²) in [4.78, 5) is 10.6. The van der Waals surface area contributed by atoms with Gasteiger partial charge in [-0.3, -0.25) is 0 Å². The summed E-state index contributed by atoms with van der Waals surface area (Å²) in [7, 11) is 0.100. The molecule has 0 heterocycles. The van der Waals surface area contributed by atoms with Crippen molar-refractivity contribution in [3.05, 3.63) is 60.7 Å². The largest absolute Gasteiger partial charge is 0.459 e. The van der Waals surface area contributed by atoms with Crippen LogP contribution in [0.2, 0.25) is 0 Å². The van der Waals surface area contributed by atoms with E-state index < -0.39 is 7.83 Å². The van der Waals surface area contributed by atoms with Crippen LogP contribution >= 0.6 is 0 Å². The Morgan fingerprint density at radius 3 is 1.40 bits per heavy atom. The minimum atomic E-state index is -2.54. The van der Waals surface area contributed by atoms with E-state index in [0.717, 1.165) is 10.4 Å². The van der Waals surface area contributed by atoms with E-state index in [0.29, 0.717) is 0 Å². The zero-order valence-electron chi connectivity index (χ0n) is 8.30. The SMILES string of the molecule is O[Si]([SiH-])(c1ccccc1)c1ccccc1. The molecule has 15 heavy (non-hydrogen) atoms. The first-order chi connectivity index (χ1) is 7.21. The van der Waals surface area contributed by atoms with Gasteiger partial charge in [0.25, 0.3) is 0 Å². The molecule has 75 valence electrons. The molecule has 0 atom stereocenters. The van der Waals surface area contributed by atoms with Crippen LogP contribution in [0.3, 0.4) is 0 Å². The maximum Gasteiger partial charge on any atom is 0.0545 e. The zero-order valence-corrected chi connectivity index (χ0v) is 10.5. The third-order valence-corrected chi connectivity index (χ3v) is 6.85. The van der Waals surface area contributed by atoms with Gasteiger partial charge in [0, 0.05) is 0 Å². The molecule has 2 aromatic carbocycles. The highest BCUT2D eigenvalue weighted by Gasteiger charge is 2.17. The molecule has 0 fully saturated rings. The smallest absolute Gasteiger partial charge is 0.0545 e. The summed E-state index contributed by atoms with van der Waals surface area (Å²) in [6.45, 7) is 0. The molecular weight excluding hydrogens is 216 g/mol. The molecule has 0 aliphatic carbocycles. The van der Waals surface area contributed by atoms with E-state index >= 15 is 0 Å². The van der Waals surface area contributed by atoms with E-state index in [1.54, 1.807) is 0 Å². The van der Waals surface area contributed by atoms with Crippen LogP contribution < -0.4 is 10.4 Å². The van der Waals surface area contributed by atoms with E-state index in [1.807, 2.05) is 60.7 Å². The van der Waals surface area contributed by atoms with Crippen molar-refractivity contribution in [2.75, 3.05) is 0 Å². The molecular formula is C12H12OSi2-. The van der Waals surface area contributed by atoms with E-state index in [9.17, 15) is 4.80 Å². The Labute approximate surface area is 93.7 Å². The molecule has 0 spiro atoms. The maximum atomic E-state index is 10.6. The van der Waals surface area contributed by atoms with E-state index in [-0.39, 0.29) is 0 Å². The summed E-state index contributed by atoms with van der Waals surface area (Å²) in [6, 6.07) is 19.7. The molecule has 1 nitrogen and oxygen atoms in total. The first-order valence-corrected chi connectivity index (χ1v) is 8.59. The first-order valence-electron chi connectivity index (χ1n) is 4.83. The highest BCUT2D eigenvalue weighted by atomic mass is 29.2. The van der Waals surface area contributed by atoms with Crippen molar-refractivity contribution in [2.45, 2.75) is 0 Å². The Bertz CT molecular complexity index is 384. The molecule has 2 rings (SSSR count). The topological polar surface area (TPSA) is 20.2 Å². The Morgan fingerprint density at radius 2 is 1.07 bits per heavy atom. The van der Waals surface area contributed by atoms with Crippen molar-refractivity contribution < 1.29 is 4.80 Å². The average Bonchev–Trinajstić information content (AvgIpc) is 2.31. The normalized spacial score (nSPS) is 11.3. The highest BCUT2D eigenvalue weighted by Crippen LogP contribution is 1.97. The second-order valence-corrected chi connectivity index (χ2v) is 8.69. The summed E-state index contributed by atoms with van der Waals surface area (Å²) < 4.78 is 0. The number of rotatable bonds is 2. The van der Waals surface area contributed by atoms with Gasteiger partial charge in [0.05, 0.1) is 7.83 Å². The standard InChI is InChI=1S/C12H12OSi2/c13-15(14,11-7-3-1-4-8-11)12-9-5-2-6-10-12/h1-10,13-14H/q-1. The van der Waals surface area contributed by atoms with Gasteiger partial charge in [-0.25, -0.2) is 0 Å². The quantitative estimate of drug-likeness (QED) is 0.725. The predicted octanol–water partition coefficient (Wildman–Crippen LogP) is 0.136. The average molecular weight is 228 g/mol. The Hall–Kier alpha value is -1.17. The molecule has 0 aliphatic rings. The summed E-state index contributed by atoms with van der Waals surface area (Å²) in [5.74, 6) is 0. The van der Waals surface area contributed by atoms with Gasteiger partial charge < -0.3 is 14.6 Å². The van der Waals surface area contributed by atoms with Gasteiger partial charge in [-0.2, -0.15) is 0 Å². The van der Waals surface area contributed by atoms with Crippen molar-refractivity contribution in [3.8, 4) is 0 Å². The van der Waals surface area contributed by atoms with Crippen LogP contribution in [0.5, 0.6) is 0 Å². The van der Waals surface area contributed by atoms with Crippen LogP contribution in [0.1, 0.15) is 0 Å². The van der Waals surface area contributed by atoms with Crippen molar-refractivity contribution >= 4 is 28.0 Å². The molecule has 0 aromatic heterocycles. The van der Waals surface area contributed by atoms with E-state index in [2.05, 4.69) is 9.76 Å². The third-order valence-electron chi connectivity index (χ3n) is 2.43. The summed E-state index contributed by atoms with van der Waals surface area (Å²) in [5, 5.41) is 2.03. The van der Waals surface area contributed by atoms with Gasteiger partial charge in [0.2, 0.25) is 0 Å². The lowest BCUT2D eigenvalue weighted by molar-refractivity contribution is 0.591. The Balaban J connectivity index is 2.44. The maximum absolute atomic E-state index is 10.6. The van der Waals surface area contributed by atoms with Crippen LogP contribution in [0.25, 0.3) is 0 Å². The molecule has 3 heteroatoms. The van der Waals surface area contributed by atoms with Gasteiger partial charge in [-0.1, -0.05) is 71.0 Å². The molecule has 0 saturated heterocycles. The van der Waals surface area contributed by atoms with Crippen LogP contribution in [0.15, 0.2) is 60.7 Å². The van der Waals surface area contributed by atoms with Gasteiger partial charge in [-0.05, 0) is 0 Å². The highest BCUT2D eigenvalue weighted by molar-refractivity contribution is 7.27. The van der Waals surface area contributed by atoms with Crippen molar-refractivity contribution in [2.24, 2.45) is 0 Å². The van der Waals surface area contributed by atoms with Crippen LogP contribution in [-0.4, -0.2) is 22.4 Å². The lowest BCUT2D eigenvalue weighted by Crippen LogP contribution is -2.59. The fourth-order valence-corrected chi connectivity index (χ4v) is 4.44. The van der Waals surface area contributed by atoms with Gasteiger partial charge in [-0.15, -0.1) is 0 Å². The number of hydrogen-bond acceptors (Lipinski definition) is 1. The lowest BCUT2D eigenvalue weighted by Gasteiger charge is -2.31. The van der Waals surface area contributed by atoms with Gasteiger partial charge >= 0.3 is 0 Å². The minimum Gasteiger partial charge on any atom is -0.459 e. The molecule has 0 aliphatic heterocycles. The summed E-state index contributed by atoms with van der Waals surface area (Å²) in [6.07, 6.45) is 0. The molecule has 0 saturated carbocycles. The molecule has 1 radical (unpaired) electrons. The van der Waals surface area contributed by atoms with Crippen molar-refractivity contribution in [1.29, 1.82) is 0 Å². The lowest BCUT2D eigenvalue weighted by atomic mass is 10.4. The molecule has 0 amide bonds. The summed E-state index contributed by atoms with van der Waals surface area (Å²) in [5.41, 5.74) is 0. The molecule has 0 unspecified atom stereocenters. The van der Waals surface area contributed by atoms with E-state index in [4.69, 9.17) is 0 Å². The van der Waals surface area contributed by atoms with Crippen LogP contribution in [-0.2, 0) is 0 Å².